The van der Waals surface area contributed by atoms with Crippen molar-refractivity contribution in [1.82, 2.24) is 15.1 Å². The zero-order valence-corrected chi connectivity index (χ0v) is 14.4. The number of hydrogen-bond donors (Lipinski definition) is 2. The van der Waals surface area contributed by atoms with Crippen LogP contribution >= 0.6 is 0 Å². The van der Waals surface area contributed by atoms with Crippen LogP contribution in [0.25, 0.3) is 0 Å². The first-order valence-corrected chi connectivity index (χ1v) is 9.76. The second-order valence-corrected chi connectivity index (χ2v) is 7.88. The quantitative estimate of drug-likeness (QED) is 0.890. The van der Waals surface area contributed by atoms with E-state index in [0.717, 1.165) is 75.5 Å². The molecular formula is C19H29N3O2. The number of nitrogens with one attached hydrogen (secondary N) is 1. The maximum Gasteiger partial charge on any atom is 0.267 e. The van der Waals surface area contributed by atoms with Gasteiger partial charge in [-0.2, -0.15) is 5.10 Å². The van der Waals surface area contributed by atoms with Gasteiger partial charge < -0.3 is 10.4 Å². The molecule has 2 atom stereocenters. The van der Waals surface area contributed by atoms with E-state index in [9.17, 15) is 9.90 Å². The maximum absolute atomic E-state index is 12.4. The fraction of sp³-hybridized carbons (Fsp3) is 0.789. The molecule has 0 amide bonds. The molecule has 2 unspecified atom stereocenters. The van der Waals surface area contributed by atoms with E-state index in [1.54, 1.807) is 4.68 Å². The Bertz CT molecular complexity index is 634. The Morgan fingerprint density at radius 2 is 1.83 bits per heavy atom. The smallest absolute Gasteiger partial charge is 0.267 e. The molecule has 0 spiro atoms. The van der Waals surface area contributed by atoms with Crippen molar-refractivity contribution >= 4 is 0 Å². The van der Waals surface area contributed by atoms with Gasteiger partial charge in [-0.15, -0.1) is 0 Å². The Morgan fingerprint density at radius 3 is 2.62 bits per heavy atom. The van der Waals surface area contributed by atoms with Gasteiger partial charge in [0, 0.05) is 18.2 Å². The van der Waals surface area contributed by atoms with Crippen LogP contribution in [0.15, 0.2) is 10.9 Å². The van der Waals surface area contributed by atoms with Crippen molar-refractivity contribution in [2.24, 2.45) is 0 Å². The fourth-order valence-electron chi connectivity index (χ4n) is 4.77. The molecule has 24 heavy (non-hydrogen) atoms. The largest absolute Gasteiger partial charge is 0.392 e. The van der Waals surface area contributed by atoms with Crippen molar-refractivity contribution < 1.29 is 5.11 Å². The van der Waals surface area contributed by atoms with E-state index in [1.807, 2.05) is 6.07 Å². The van der Waals surface area contributed by atoms with E-state index in [1.165, 1.54) is 6.42 Å². The number of aromatic nitrogens is 2. The highest BCUT2D eigenvalue weighted by Crippen LogP contribution is 2.29. The first kappa shape index (κ1) is 16.3. The average molecular weight is 331 g/mol. The highest BCUT2D eigenvalue weighted by atomic mass is 16.3. The van der Waals surface area contributed by atoms with Crippen molar-refractivity contribution in [3.63, 3.8) is 0 Å². The SMILES string of the molecule is O=c1cc2c(nn1C1CCC(NC3CCCCC3O)CC1)CCC2. The van der Waals surface area contributed by atoms with Gasteiger partial charge in [0.15, 0.2) is 0 Å². The molecule has 0 bridgehead atoms. The lowest BCUT2D eigenvalue weighted by molar-refractivity contribution is 0.0795. The summed E-state index contributed by atoms with van der Waals surface area (Å²) in [5, 5.41) is 18.5. The molecule has 4 rings (SSSR count). The number of nitrogens with zero attached hydrogens (tertiary/aromatic N) is 2. The van der Waals surface area contributed by atoms with E-state index in [0.29, 0.717) is 6.04 Å². The molecule has 3 aliphatic rings. The lowest BCUT2D eigenvalue weighted by atomic mass is 9.87. The molecule has 2 saturated carbocycles. The first-order chi connectivity index (χ1) is 11.7. The predicted molar refractivity (Wildman–Crippen MR) is 93.2 cm³/mol. The van der Waals surface area contributed by atoms with Crippen LogP contribution in [0.4, 0.5) is 0 Å². The molecular weight excluding hydrogens is 302 g/mol. The van der Waals surface area contributed by atoms with Crippen LogP contribution in [0.3, 0.4) is 0 Å². The van der Waals surface area contributed by atoms with Gasteiger partial charge in [0.2, 0.25) is 0 Å². The minimum atomic E-state index is -0.183. The summed E-state index contributed by atoms with van der Waals surface area (Å²) in [7, 11) is 0. The molecule has 5 heteroatoms. The van der Waals surface area contributed by atoms with Gasteiger partial charge in [0.05, 0.1) is 17.8 Å². The third-order valence-electron chi connectivity index (χ3n) is 6.20. The molecule has 1 aromatic rings. The van der Waals surface area contributed by atoms with Crippen LogP contribution in [-0.2, 0) is 12.8 Å². The monoisotopic (exact) mass is 331 g/mol. The summed E-state index contributed by atoms with van der Waals surface area (Å²) in [4.78, 5) is 12.4. The van der Waals surface area contributed by atoms with E-state index >= 15 is 0 Å². The first-order valence-electron chi connectivity index (χ1n) is 9.76. The van der Waals surface area contributed by atoms with Crippen molar-refractivity contribution in [2.75, 3.05) is 0 Å². The Morgan fingerprint density at radius 1 is 1.04 bits per heavy atom. The summed E-state index contributed by atoms with van der Waals surface area (Å²) in [6.45, 7) is 0. The van der Waals surface area contributed by atoms with Crippen LogP contribution in [-0.4, -0.2) is 33.1 Å². The molecule has 0 saturated heterocycles. The average Bonchev–Trinajstić information content (AvgIpc) is 3.04. The summed E-state index contributed by atoms with van der Waals surface area (Å²) in [6, 6.07) is 2.81. The van der Waals surface area contributed by atoms with Crippen LogP contribution in [0.2, 0.25) is 0 Å². The normalized spacial score (nSPS) is 33.4. The van der Waals surface area contributed by atoms with Gasteiger partial charge >= 0.3 is 0 Å². The molecule has 2 N–H and O–H groups in total. The van der Waals surface area contributed by atoms with Crippen molar-refractivity contribution in [1.29, 1.82) is 0 Å². The summed E-state index contributed by atoms with van der Waals surface area (Å²) in [6.07, 6.45) is 11.5. The molecule has 0 aromatic carbocycles. The van der Waals surface area contributed by atoms with Crippen molar-refractivity contribution in [3.05, 3.63) is 27.7 Å². The molecule has 5 nitrogen and oxygen atoms in total. The topological polar surface area (TPSA) is 67.2 Å². The van der Waals surface area contributed by atoms with Crippen LogP contribution in [0, 0.1) is 0 Å². The minimum absolute atomic E-state index is 0.0785. The van der Waals surface area contributed by atoms with Crippen LogP contribution < -0.4 is 10.9 Å². The van der Waals surface area contributed by atoms with Crippen LogP contribution in [0.5, 0.6) is 0 Å². The van der Waals surface area contributed by atoms with E-state index < -0.39 is 0 Å². The summed E-state index contributed by atoms with van der Waals surface area (Å²) >= 11 is 0. The second-order valence-electron chi connectivity index (χ2n) is 7.88. The third-order valence-corrected chi connectivity index (χ3v) is 6.20. The summed E-state index contributed by atoms with van der Waals surface area (Å²) in [5.41, 5.74) is 2.38. The molecule has 3 aliphatic carbocycles. The second kappa shape index (κ2) is 6.96. The van der Waals surface area contributed by atoms with E-state index in [4.69, 9.17) is 0 Å². The summed E-state index contributed by atoms with van der Waals surface area (Å²) < 4.78 is 1.76. The number of aliphatic hydroxyl groups is 1. The van der Waals surface area contributed by atoms with Gasteiger partial charge in [-0.1, -0.05) is 12.8 Å². The maximum atomic E-state index is 12.4. The lowest BCUT2D eigenvalue weighted by Gasteiger charge is -2.36. The standard InChI is InChI=1S/C19H29N3O2/c23-18-7-2-1-5-17(18)20-14-8-10-15(11-9-14)22-19(24)12-13-4-3-6-16(13)21-22/h12,14-15,17-18,20,23H,1-11H2. The molecule has 1 heterocycles. The molecule has 2 fully saturated rings. The van der Waals surface area contributed by atoms with Crippen molar-refractivity contribution in [3.8, 4) is 0 Å². The van der Waals surface area contributed by atoms with Crippen molar-refractivity contribution in [2.45, 2.75) is 94.9 Å². The van der Waals surface area contributed by atoms with Gasteiger partial charge in [0.1, 0.15) is 0 Å². The predicted octanol–water partition coefficient (Wildman–Crippen LogP) is 2.11. The van der Waals surface area contributed by atoms with Gasteiger partial charge in [0.25, 0.3) is 5.56 Å². The fourth-order valence-corrected chi connectivity index (χ4v) is 4.77. The highest BCUT2D eigenvalue weighted by molar-refractivity contribution is 5.22. The Hall–Kier alpha value is -1.20. The highest BCUT2D eigenvalue weighted by Gasteiger charge is 2.29. The number of aryl methyl sites for hydroxylation is 2. The number of rotatable bonds is 3. The Balaban J connectivity index is 1.37. The number of aliphatic hydroxyl groups excluding tert-OH is 1. The van der Waals surface area contributed by atoms with E-state index in [-0.39, 0.29) is 23.7 Å². The Kier molecular flexibility index (Phi) is 4.72. The lowest BCUT2D eigenvalue weighted by Crippen LogP contribution is -2.48. The number of hydrogen-bond acceptors (Lipinski definition) is 4. The summed E-state index contributed by atoms with van der Waals surface area (Å²) in [5.74, 6) is 0. The Labute approximate surface area is 143 Å². The molecule has 0 aliphatic heterocycles. The molecule has 0 radical (unpaired) electrons. The zero-order valence-electron chi connectivity index (χ0n) is 14.4. The zero-order chi connectivity index (χ0) is 16.5. The van der Waals surface area contributed by atoms with Gasteiger partial charge in [-0.3, -0.25) is 4.79 Å². The number of fused-ring (bicyclic) bond motifs is 1. The van der Waals surface area contributed by atoms with Gasteiger partial charge in [-0.25, -0.2) is 4.68 Å². The van der Waals surface area contributed by atoms with Gasteiger partial charge in [-0.05, 0) is 63.4 Å². The molecule has 132 valence electrons. The minimum Gasteiger partial charge on any atom is -0.392 e. The molecule has 1 aromatic heterocycles. The van der Waals surface area contributed by atoms with Crippen LogP contribution in [0.1, 0.15) is 75.1 Å². The third kappa shape index (κ3) is 3.29. The van der Waals surface area contributed by atoms with E-state index in [2.05, 4.69) is 10.4 Å².